The van der Waals surface area contributed by atoms with Crippen LogP contribution in [0.25, 0.3) is 16.8 Å². The number of carbonyl (C=O) groups is 1. The lowest BCUT2D eigenvalue weighted by atomic mass is 10.00. The van der Waals surface area contributed by atoms with Crippen molar-refractivity contribution in [2.24, 2.45) is 0 Å². The van der Waals surface area contributed by atoms with E-state index in [0.717, 1.165) is 27.9 Å². The predicted molar refractivity (Wildman–Crippen MR) is 118 cm³/mol. The molecule has 0 aliphatic carbocycles. The van der Waals surface area contributed by atoms with E-state index in [1.807, 2.05) is 61.8 Å². The molecular weight excluding hydrogens is 372 g/mol. The van der Waals surface area contributed by atoms with Gasteiger partial charge in [-0.1, -0.05) is 36.4 Å². The van der Waals surface area contributed by atoms with Crippen molar-refractivity contribution in [3.63, 3.8) is 0 Å². The van der Waals surface area contributed by atoms with Crippen LogP contribution in [0.3, 0.4) is 0 Å². The summed E-state index contributed by atoms with van der Waals surface area (Å²) >= 11 is 0. The van der Waals surface area contributed by atoms with Crippen LogP contribution in [0.15, 0.2) is 91.5 Å². The first kappa shape index (κ1) is 19.6. The largest absolute Gasteiger partial charge is 0.339 e. The molecule has 4 rings (SSSR count). The zero-order valence-corrected chi connectivity index (χ0v) is 17.1. The Hall–Kier alpha value is -3.73. The molecule has 0 N–H and O–H groups in total. The van der Waals surface area contributed by atoms with E-state index < -0.39 is 0 Å². The number of nitrogens with zero attached hydrogens (tertiary/aromatic N) is 4. The van der Waals surface area contributed by atoms with Crippen LogP contribution in [0.2, 0.25) is 0 Å². The molecule has 0 saturated heterocycles. The van der Waals surface area contributed by atoms with Gasteiger partial charge >= 0.3 is 0 Å². The average molecular weight is 396 g/mol. The molecule has 2 aromatic carbocycles. The Morgan fingerprint density at radius 3 is 2.53 bits per heavy atom. The fraction of sp³-hybridized carbons (Fsp3) is 0.160. The van der Waals surface area contributed by atoms with E-state index in [1.54, 1.807) is 28.2 Å². The number of benzene rings is 2. The summed E-state index contributed by atoms with van der Waals surface area (Å²) in [6.07, 6.45) is 7.56. The molecule has 0 unspecified atom stereocenters. The molecule has 4 aromatic rings. The van der Waals surface area contributed by atoms with Crippen molar-refractivity contribution >= 4 is 5.91 Å². The summed E-state index contributed by atoms with van der Waals surface area (Å²) in [5.74, 6) is 0.0597. The predicted octanol–water partition coefficient (Wildman–Crippen LogP) is 4.70. The topological polar surface area (TPSA) is 51.0 Å². The standard InChI is InChI=1S/C25H24N4O/c1-19(22-7-6-8-23(16-22)21-11-13-26-14-12-21)28(2)25(30)15-20-17-27-29(18-20)24-9-4-3-5-10-24/h3-14,16-19H,15H2,1-2H3/t19-/m0/s1. The van der Waals surface area contributed by atoms with Gasteiger partial charge in [-0.2, -0.15) is 5.10 Å². The minimum atomic E-state index is -0.0385. The van der Waals surface area contributed by atoms with Gasteiger partial charge in [0.15, 0.2) is 0 Å². The van der Waals surface area contributed by atoms with Crippen molar-refractivity contribution in [2.45, 2.75) is 19.4 Å². The summed E-state index contributed by atoms with van der Waals surface area (Å²) in [7, 11) is 1.85. The lowest BCUT2D eigenvalue weighted by Gasteiger charge is -2.25. The average Bonchev–Trinajstić information content (AvgIpc) is 3.28. The molecule has 2 heterocycles. The van der Waals surface area contributed by atoms with Gasteiger partial charge in [0.25, 0.3) is 0 Å². The number of pyridine rings is 1. The molecule has 0 fully saturated rings. The molecular formula is C25H24N4O. The van der Waals surface area contributed by atoms with Crippen LogP contribution in [0, 0.1) is 0 Å². The maximum absolute atomic E-state index is 12.9. The third kappa shape index (κ3) is 4.30. The molecule has 30 heavy (non-hydrogen) atoms. The summed E-state index contributed by atoms with van der Waals surface area (Å²) in [6.45, 7) is 2.05. The normalized spacial score (nSPS) is 11.8. The first-order chi connectivity index (χ1) is 14.6. The first-order valence-corrected chi connectivity index (χ1v) is 9.97. The van der Waals surface area contributed by atoms with E-state index in [2.05, 4.69) is 35.2 Å². The quantitative estimate of drug-likeness (QED) is 0.475. The molecule has 5 nitrogen and oxygen atoms in total. The monoisotopic (exact) mass is 396 g/mol. The van der Waals surface area contributed by atoms with Crippen molar-refractivity contribution in [2.75, 3.05) is 7.05 Å². The molecule has 1 amide bonds. The lowest BCUT2D eigenvalue weighted by Crippen LogP contribution is -2.30. The lowest BCUT2D eigenvalue weighted by molar-refractivity contribution is -0.131. The molecule has 5 heteroatoms. The van der Waals surface area contributed by atoms with Gasteiger partial charge in [-0.25, -0.2) is 4.68 Å². The maximum Gasteiger partial charge on any atom is 0.227 e. The van der Waals surface area contributed by atoms with Gasteiger partial charge in [0.05, 0.1) is 24.3 Å². The summed E-state index contributed by atoms with van der Waals surface area (Å²) in [4.78, 5) is 18.8. The fourth-order valence-electron chi connectivity index (χ4n) is 3.43. The zero-order chi connectivity index (χ0) is 20.9. The van der Waals surface area contributed by atoms with Crippen LogP contribution in [0.1, 0.15) is 24.1 Å². The molecule has 2 aromatic heterocycles. The number of aromatic nitrogens is 3. The molecule has 0 spiro atoms. The molecule has 0 saturated carbocycles. The Labute approximate surface area is 176 Å². The highest BCUT2D eigenvalue weighted by molar-refractivity contribution is 5.79. The van der Waals surface area contributed by atoms with Gasteiger partial charge in [0.2, 0.25) is 5.91 Å². The summed E-state index contributed by atoms with van der Waals surface area (Å²) < 4.78 is 1.80. The summed E-state index contributed by atoms with van der Waals surface area (Å²) in [6, 6.07) is 22.1. The maximum atomic E-state index is 12.9. The number of carbonyl (C=O) groups excluding carboxylic acids is 1. The Kier molecular flexibility index (Phi) is 5.70. The number of hydrogen-bond acceptors (Lipinski definition) is 3. The van der Waals surface area contributed by atoms with Crippen LogP contribution in [-0.4, -0.2) is 32.6 Å². The van der Waals surface area contributed by atoms with E-state index in [4.69, 9.17) is 0 Å². The third-order valence-electron chi connectivity index (χ3n) is 5.37. The van der Waals surface area contributed by atoms with E-state index in [1.165, 1.54) is 0 Å². The molecule has 0 bridgehead atoms. The van der Waals surface area contributed by atoms with Crippen molar-refractivity contribution in [3.05, 3.63) is 103 Å². The van der Waals surface area contributed by atoms with Crippen molar-refractivity contribution in [1.29, 1.82) is 0 Å². The molecule has 150 valence electrons. The van der Waals surface area contributed by atoms with Crippen LogP contribution in [0.5, 0.6) is 0 Å². The van der Waals surface area contributed by atoms with Gasteiger partial charge in [-0.15, -0.1) is 0 Å². The molecule has 0 radical (unpaired) electrons. The molecule has 1 atom stereocenters. The van der Waals surface area contributed by atoms with Crippen LogP contribution in [-0.2, 0) is 11.2 Å². The van der Waals surface area contributed by atoms with Gasteiger partial charge in [-0.3, -0.25) is 9.78 Å². The number of hydrogen-bond donors (Lipinski definition) is 0. The minimum absolute atomic E-state index is 0.0385. The van der Waals surface area contributed by atoms with Crippen LogP contribution >= 0.6 is 0 Å². The van der Waals surface area contributed by atoms with Crippen LogP contribution < -0.4 is 0 Å². The summed E-state index contributed by atoms with van der Waals surface area (Å²) in [5.41, 5.74) is 5.20. The van der Waals surface area contributed by atoms with Crippen LogP contribution in [0.4, 0.5) is 0 Å². The third-order valence-corrected chi connectivity index (χ3v) is 5.37. The van der Waals surface area contributed by atoms with Crippen molar-refractivity contribution in [3.8, 4) is 16.8 Å². The first-order valence-electron chi connectivity index (χ1n) is 9.97. The van der Waals surface area contributed by atoms with Crippen molar-refractivity contribution in [1.82, 2.24) is 19.7 Å². The Morgan fingerprint density at radius 1 is 1.00 bits per heavy atom. The van der Waals surface area contributed by atoms with Crippen molar-refractivity contribution < 1.29 is 4.79 Å². The zero-order valence-electron chi connectivity index (χ0n) is 17.1. The number of rotatable bonds is 6. The number of amides is 1. The van der Waals surface area contributed by atoms with E-state index in [0.29, 0.717) is 6.42 Å². The smallest absolute Gasteiger partial charge is 0.227 e. The Balaban J connectivity index is 1.46. The number of para-hydroxylation sites is 1. The SMILES string of the molecule is C[C@@H](c1cccc(-c2ccncc2)c1)N(C)C(=O)Cc1cnn(-c2ccccc2)c1. The number of likely N-dealkylation sites (N-methyl/N-ethyl adjacent to an activating group) is 1. The summed E-state index contributed by atoms with van der Waals surface area (Å²) in [5, 5.41) is 4.39. The van der Waals surface area contributed by atoms with Gasteiger partial charge in [0, 0.05) is 25.6 Å². The fourth-order valence-corrected chi connectivity index (χ4v) is 3.43. The highest BCUT2D eigenvalue weighted by atomic mass is 16.2. The van der Waals surface area contributed by atoms with E-state index >= 15 is 0 Å². The Morgan fingerprint density at radius 2 is 1.77 bits per heavy atom. The second-order valence-corrected chi connectivity index (χ2v) is 7.35. The van der Waals surface area contributed by atoms with E-state index in [-0.39, 0.29) is 11.9 Å². The minimum Gasteiger partial charge on any atom is -0.339 e. The van der Waals surface area contributed by atoms with E-state index in [9.17, 15) is 4.79 Å². The Bertz CT molecular complexity index is 1120. The van der Waals surface area contributed by atoms with Gasteiger partial charge < -0.3 is 4.90 Å². The highest BCUT2D eigenvalue weighted by Gasteiger charge is 2.19. The van der Waals surface area contributed by atoms with Gasteiger partial charge in [0.1, 0.15) is 0 Å². The molecule has 0 aliphatic heterocycles. The second kappa shape index (κ2) is 8.74. The van der Waals surface area contributed by atoms with Gasteiger partial charge in [-0.05, 0) is 59.5 Å². The molecule has 0 aliphatic rings. The highest BCUT2D eigenvalue weighted by Crippen LogP contribution is 2.25. The second-order valence-electron chi connectivity index (χ2n) is 7.35.